The third-order valence-corrected chi connectivity index (χ3v) is 9.37. The van der Waals surface area contributed by atoms with Crippen LogP contribution in [0.5, 0.6) is 6.01 Å². The van der Waals surface area contributed by atoms with E-state index in [1.807, 2.05) is 79.0 Å². The number of piperidine rings is 2. The molecule has 14 heteroatoms. The Morgan fingerprint density at radius 1 is 0.667 bits per heavy atom. The quantitative estimate of drug-likeness (QED) is 0.263. The first-order chi connectivity index (χ1) is 22.0. The van der Waals surface area contributed by atoms with E-state index >= 15 is 0 Å². The standard InChI is InChI=1S/C34H53N7O7/c1-20(24-14-31(5,6)40(22(3)42)32(7,8)15-24)47-26(44)18-35-28-37-29(39-30(38-28)46-13)36-19-27(45)48-21(2)25-16-33(9,10)41(23(4)43)34(11,12)17-25/h18-21,24-25H,14-17H2,1-13H3. The number of hydrogen-bond donors (Lipinski definition) is 0. The summed E-state index contributed by atoms with van der Waals surface area (Å²) in [5.74, 6) is -1.63. The smallest absolute Gasteiger partial charge is 0.349 e. The van der Waals surface area contributed by atoms with Gasteiger partial charge in [0, 0.05) is 47.8 Å². The van der Waals surface area contributed by atoms with Crippen molar-refractivity contribution in [3.63, 3.8) is 0 Å². The molecule has 0 aliphatic carbocycles. The number of aromatic nitrogens is 3. The second-order valence-corrected chi connectivity index (χ2v) is 15.5. The largest absolute Gasteiger partial charge is 0.467 e. The zero-order valence-electron chi connectivity index (χ0n) is 30.8. The van der Waals surface area contributed by atoms with Gasteiger partial charge in [0.1, 0.15) is 24.6 Å². The molecule has 2 aliphatic heterocycles. The van der Waals surface area contributed by atoms with Gasteiger partial charge in [0.25, 0.3) is 11.9 Å². The van der Waals surface area contributed by atoms with Gasteiger partial charge in [-0.05, 0) is 94.9 Å². The van der Waals surface area contributed by atoms with E-state index in [-0.39, 0.29) is 41.6 Å². The Morgan fingerprint density at radius 2 is 0.979 bits per heavy atom. The zero-order valence-corrected chi connectivity index (χ0v) is 30.8. The molecule has 48 heavy (non-hydrogen) atoms. The average molecular weight is 672 g/mol. The summed E-state index contributed by atoms with van der Waals surface area (Å²) in [6, 6.07) is -0.115. The number of likely N-dealkylation sites (tertiary alicyclic amines) is 2. The van der Waals surface area contributed by atoms with Crippen LogP contribution in [0.1, 0.15) is 109 Å². The molecule has 3 rings (SSSR count). The summed E-state index contributed by atoms with van der Waals surface area (Å²) in [6.07, 6.45) is 3.75. The number of nitrogens with zero attached hydrogens (tertiary/aromatic N) is 7. The predicted octanol–water partition coefficient (Wildman–Crippen LogP) is 4.78. The molecule has 0 N–H and O–H groups in total. The van der Waals surface area contributed by atoms with Gasteiger partial charge in [-0.1, -0.05) is 0 Å². The van der Waals surface area contributed by atoms with Crippen molar-refractivity contribution < 1.29 is 33.4 Å². The van der Waals surface area contributed by atoms with Crippen LogP contribution in [-0.4, -0.2) is 102 Å². The lowest BCUT2D eigenvalue weighted by Gasteiger charge is -2.55. The molecule has 0 radical (unpaired) electrons. The highest BCUT2D eigenvalue weighted by atomic mass is 16.5. The SMILES string of the molecule is COc1nc(N=CC(=O)OC(C)C2CC(C)(C)N(C(C)=O)C(C)(C)C2)nc(N=CC(=O)OC(C)C2CC(C)(C)N(C(C)=O)C(C)(C)C2)n1. The first kappa shape index (κ1) is 38.5. The molecule has 14 nitrogen and oxygen atoms in total. The fourth-order valence-corrected chi connectivity index (χ4v) is 8.47. The molecule has 2 atom stereocenters. The zero-order chi connectivity index (χ0) is 36.4. The first-order valence-corrected chi connectivity index (χ1v) is 16.4. The Hall–Kier alpha value is -3.97. The first-order valence-electron chi connectivity index (χ1n) is 16.4. The third-order valence-electron chi connectivity index (χ3n) is 9.37. The Kier molecular flexibility index (Phi) is 11.4. The number of amides is 2. The number of methoxy groups -OCH3 is 1. The van der Waals surface area contributed by atoms with Gasteiger partial charge >= 0.3 is 17.9 Å². The van der Waals surface area contributed by atoms with Crippen LogP contribution in [0.2, 0.25) is 0 Å². The molecule has 0 spiro atoms. The Bertz CT molecular complexity index is 1310. The maximum atomic E-state index is 12.7. The second kappa shape index (κ2) is 14.3. The number of carbonyl (C=O) groups excluding carboxylic acids is 4. The highest BCUT2D eigenvalue weighted by Crippen LogP contribution is 2.44. The van der Waals surface area contributed by atoms with Gasteiger partial charge in [-0.2, -0.15) is 15.0 Å². The van der Waals surface area contributed by atoms with Crippen LogP contribution in [0.3, 0.4) is 0 Å². The summed E-state index contributed by atoms with van der Waals surface area (Å²) in [7, 11) is 1.35. The van der Waals surface area contributed by atoms with E-state index in [0.717, 1.165) is 12.4 Å². The molecular weight excluding hydrogens is 618 g/mol. The Morgan fingerprint density at radius 3 is 1.25 bits per heavy atom. The van der Waals surface area contributed by atoms with E-state index in [9.17, 15) is 19.2 Å². The van der Waals surface area contributed by atoms with Gasteiger partial charge in [0.2, 0.25) is 11.8 Å². The number of rotatable bonds is 9. The van der Waals surface area contributed by atoms with Gasteiger partial charge in [0.15, 0.2) is 0 Å². The molecule has 0 bridgehead atoms. The molecular formula is C34H53N7O7. The summed E-state index contributed by atoms with van der Waals surface area (Å²) in [5.41, 5.74) is -1.62. The normalized spacial score (nSPS) is 21.9. The Labute approximate surface area is 284 Å². The van der Waals surface area contributed by atoms with Crippen molar-refractivity contribution in [3.8, 4) is 6.01 Å². The van der Waals surface area contributed by atoms with Crippen LogP contribution >= 0.6 is 0 Å². The molecule has 2 aliphatic rings. The molecule has 2 unspecified atom stereocenters. The van der Waals surface area contributed by atoms with Gasteiger partial charge in [0.05, 0.1) is 7.11 Å². The van der Waals surface area contributed by atoms with Crippen molar-refractivity contribution in [3.05, 3.63) is 0 Å². The number of aliphatic imine (C=N–C) groups is 2. The minimum atomic E-state index is -0.686. The van der Waals surface area contributed by atoms with Gasteiger partial charge in [-0.25, -0.2) is 19.6 Å². The van der Waals surface area contributed by atoms with Crippen molar-refractivity contribution in [2.24, 2.45) is 21.8 Å². The molecule has 2 fully saturated rings. The van der Waals surface area contributed by atoms with Crippen LogP contribution in [0.25, 0.3) is 0 Å². The topological polar surface area (TPSA) is 166 Å². The molecule has 2 amide bonds. The van der Waals surface area contributed by atoms with Crippen molar-refractivity contribution in [2.45, 2.75) is 143 Å². The lowest BCUT2D eigenvalue weighted by atomic mass is 9.72. The monoisotopic (exact) mass is 671 g/mol. The fourth-order valence-electron chi connectivity index (χ4n) is 8.47. The summed E-state index contributed by atoms with van der Waals surface area (Å²) in [4.78, 5) is 74.3. The van der Waals surface area contributed by atoms with E-state index in [1.54, 1.807) is 13.8 Å². The highest BCUT2D eigenvalue weighted by Gasteiger charge is 2.49. The predicted molar refractivity (Wildman–Crippen MR) is 181 cm³/mol. The summed E-state index contributed by atoms with van der Waals surface area (Å²) < 4.78 is 16.5. The summed E-state index contributed by atoms with van der Waals surface area (Å²) >= 11 is 0. The second-order valence-electron chi connectivity index (χ2n) is 15.5. The lowest BCUT2D eigenvalue weighted by molar-refractivity contribution is -0.158. The molecule has 1 aromatic heterocycles. The number of hydrogen-bond acceptors (Lipinski definition) is 12. The molecule has 2 saturated heterocycles. The lowest BCUT2D eigenvalue weighted by Crippen LogP contribution is -2.63. The van der Waals surface area contributed by atoms with Crippen LogP contribution in [-0.2, 0) is 28.7 Å². The van der Waals surface area contributed by atoms with E-state index in [1.165, 1.54) is 7.11 Å². The maximum absolute atomic E-state index is 12.7. The highest BCUT2D eigenvalue weighted by molar-refractivity contribution is 6.24. The van der Waals surface area contributed by atoms with Crippen molar-refractivity contribution >= 4 is 48.1 Å². The molecule has 0 aromatic carbocycles. The van der Waals surface area contributed by atoms with Gasteiger partial charge in [-0.15, -0.1) is 0 Å². The van der Waals surface area contributed by atoms with Crippen molar-refractivity contribution in [2.75, 3.05) is 7.11 Å². The maximum Gasteiger partial charge on any atom is 0.349 e. The van der Waals surface area contributed by atoms with Gasteiger partial charge in [-0.3, -0.25) is 9.59 Å². The summed E-state index contributed by atoms with van der Waals surface area (Å²) in [5, 5.41) is 0. The third kappa shape index (κ3) is 9.13. The average Bonchev–Trinajstić information content (AvgIpc) is 2.91. The molecule has 0 saturated carbocycles. The molecule has 1 aromatic rings. The van der Waals surface area contributed by atoms with Crippen LogP contribution in [0, 0.1) is 11.8 Å². The van der Waals surface area contributed by atoms with Gasteiger partial charge < -0.3 is 24.0 Å². The number of esters is 2. The van der Waals surface area contributed by atoms with Crippen molar-refractivity contribution in [1.29, 1.82) is 0 Å². The van der Waals surface area contributed by atoms with Crippen LogP contribution in [0.15, 0.2) is 9.98 Å². The fraction of sp³-hybridized carbons (Fsp3) is 0.735. The van der Waals surface area contributed by atoms with E-state index < -0.39 is 46.3 Å². The van der Waals surface area contributed by atoms with Crippen molar-refractivity contribution in [1.82, 2.24) is 24.8 Å². The van der Waals surface area contributed by atoms with Crippen LogP contribution in [0.4, 0.5) is 11.9 Å². The number of ether oxygens (including phenoxy) is 3. The summed E-state index contributed by atoms with van der Waals surface area (Å²) in [6.45, 7) is 23.0. The number of carbonyl (C=O) groups is 4. The van der Waals surface area contributed by atoms with E-state index in [4.69, 9.17) is 14.2 Å². The molecule has 3 heterocycles. The molecule has 266 valence electrons. The van der Waals surface area contributed by atoms with E-state index in [0.29, 0.717) is 25.7 Å². The minimum Gasteiger partial charge on any atom is -0.467 e. The van der Waals surface area contributed by atoms with Crippen LogP contribution < -0.4 is 4.74 Å². The minimum absolute atomic E-state index is 0.0131. The van der Waals surface area contributed by atoms with E-state index in [2.05, 4.69) is 24.9 Å². The Balaban J connectivity index is 1.65.